The zero-order chi connectivity index (χ0) is 21.3. The van der Waals surface area contributed by atoms with Crippen molar-refractivity contribution in [3.05, 3.63) is 80.5 Å². The number of hydrogen-bond donors (Lipinski definition) is 1. The van der Waals surface area contributed by atoms with E-state index < -0.39 is 10.8 Å². The van der Waals surface area contributed by atoms with Crippen LogP contribution in [0.15, 0.2) is 52.9 Å². The summed E-state index contributed by atoms with van der Waals surface area (Å²) < 4.78 is 6.32. The van der Waals surface area contributed by atoms with Crippen LogP contribution in [0.1, 0.15) is 46.5 Å². The number of non-ortho nitro benzene ring substituents is 1. The van der Waals surface area contributed by atoms with E-state index >= 15 is 0 Å². The van der Waals surface area contributed by atoms with E-state index in [2.05, 4.69) is 41.5 Å². The summed E-state index contributed by atoms with van der Waals surface area (Å²) in [5, 5.41) is 22.0. The summed E-state index contributed by atoms with van der Waals surface area (Å²) in [6.45, 7) is 4.28. The minimum absolute atomic E-state index is 0.0113. The molecule has 0 fully saturated rings. The molecule has 0 aliphatic rings. The minimum atomic E-state index is -0.465. The topological polar surface area (TPSA) is 111 Å². The Kier molecular flexibility index (Phi) is 5.28. The molecule has 152 valence electrons. The molecule has 0 saturated heterocycles. The van der Waals surface area contributed by atoms with Gasteiger partial charge in [0, 0.05) is 22.2 Å². The van der Waals surface area contributed by atoms with Crippen molar-refractivity contribution >= 4 is 39.0 Å². The second kappa shape index (κ2) is 8.03. The molecule has 2 aromatic heterocycles. The first-order valence-electron chi connectivity index (χ1n) is 9.29. The molecule has 2 aromatic carbocycles. The van der Waals surface area contributed by atoms with Gasteiger partial charge in [0.05, 0.1) is 16.2 Å². The van der Waals surface area contributed by atoms with Crippen LogP contribution >= 0.6 is 11.3 Å². The lowest BCUT2D eigenvalue weighted by atomic mass is 10.0. The lowest BCUT2D eigenvalue weighted by molar-refractivity contribution is -0.384. The van der Waals surface area contributed by atoms with E-state index in [1.807, 2.05) is 12.1 Å². The van der Waals surface area contributed by atoms with Crippen LogP contribution in [0.4, 0.5) is 11.7 Å². The number of carbonyl (C=O) groups excluding carboxylic acids is 1. The first kappa shape index (κ1) is 19.7. The summed E-state index contributed by atoms with van der Waals surface area (Å²) in [6.07, 6.45) is 0.466. The maximum atomic E-state index is 12.5. The van der Waals surface area contributed by atoms with Crippen molar-refractivity contribution < 1.29 is 14.1 Å². The van der Waals surface area contributed by atoms with E-state index in [4.69, 9.17) is 4.42 Å². The molecule has 0 spiro atoms. The molecule has 4 aromatic rings. The zero-order valence-corrected chi connectivity index (χ0v) is 17.1. The van der Waals surface area contributed by atoms with Gasteiger partial charge in [-0.25, -0.2) is 0 Å². The molecule has 1 amide bonds. The second-order valence-electron chi connectivity index (χ2n) is 7.12. The number of amides is 1. The Labute approximate surface area is 175 Å². The van der Waals surface area contributed by atoms with E-state index in [1.54, 1.807) is 12.1 Å². The van der Waals surface area contributed by atoms with Gasteiger partial charge in [-0.1, -0.05) is 43.2 Å². The smallest absolute Gasteiger partial charge is 0.322 e. The first-order valence-corrected chi connectivity index (χ1v) is 10.1. The Hall–Kier alpha value is -3.59. The van der Waals surface area contributed by atoms with Crippen LogP contribution < -0.4 is 5.32 Å². The summed E-state index contributed by atoms with van der Waals surface area (Å²) in [6, 6.07) is 14.3. The van der Waals surface area contributed by atoms with Crippen molar-refractivity contribution in [1.29, 1.82) is 0 Å². The van der Waals surface area contributed by atoms with Crippen molar-refractivity contribution in [1.82, 2.24) is 10.2 Å². The SMILES string of the molecule is CC(C)c1ccc(Cc2nnc(NC(=O)c3cc4cc([N+](=O)[O-])ccc4s3)o2)cc1. The molecule has 9 heteroatoms. The van der Waals surface area contributed by atoms with E-state index in [1.165, 1.54) is 29.0 Å². The number of hydrogen-bond acceptors (Lipinski definition) is 7. The van der Waals surface area contributed by atoms with Gasteiger partial charge in [0.15, 0.2) is 0 Å². The Morgan fingerprint density at radius 1 is 1.17 bits per heavy atom. The number of nitrogens with one attached hydrogen (secondary N) is 1. The van der Waals surface area contributed by atoms with Crippen LogP contribution in [-0.2, 0) is 6.42 Å². The number of fused-ring (bicyclic) bond motifs is 1. The molecule has 30 heavy (non-hydrogen) atoms. The van der Waals surface area contributed by atoms with Crippen molar-refractivity contribution in [2.45, 2.75) is 26.2 Å². The van der Waals surface area contributed by atoms with Crippen LogP contribution in [-0.4, -0.2) is 21.0 Å². The number of rotatable bonds is 6. The van der Waals surface area contributed by atoms with E-state index in [0.29, 0.717) is 28.5 Å². The summed E-state index contributed by atoms with van der Waals surface area (Å²) >= 11 is 1.23. The molecule has 8 nitrogen and oxygen atoms in total. The number of thiophene rings is 1. The van der Waals surface area contributed by atoms with Crippen LogP contribution in [0.3, 0.4) is 0 Å². The molecule has 4 rings (SSSR count). The second-order valence-corrected chi connectivity index (χ2v) is 8.20. The predicted octanol–water partition coefficient (Wildman–Crippen LogP) is 5.16. The number of benzene rings is 2. The van der Waals surface area contributed by atoms with Crippen LogP contribution in [0.25, 0.3) is 10.1 Å². The van der Waals surface area contributed by atoms with E-state index in [9.17, 15) is 14.9 Å². The number of anilines is 1. The first-order chi connectivity index (χ1) is 14.4. The van der Waals surface area contributed by atoms with Gasteiger partial charge in [-0.3, -0.25) is 20.2 Å². The number of nitrogens with zero attached hydrogens (tertiary/aromatic N) is 3. The van der Waals surface area contributed by atoms with Crippen molar-refractivity contribution in [2.24, 2.45) is 0 Å². The van der Waals surface area contributed by atoms with Gasteiger partial charge in [-0.15, -0.1) is 16.4 Å². The third kappa shape index (κ3) is 4.20. The summed E-state index contributed by atoms with van der Waals surface area (Å²) in [5.74, 6) is 0.453. The Bertz CT molecular complexity index is 1230. The minimum Gasteiger partial charge on any atom is -0.407 e. The van der Waals surface area contributed by atoms with E-state index in [0.717, 1.165) is 10.3 Å². The molecule has 0 radical (unpaired) electrons. The van der Waals surface area contributed by atoms with Crippen molar-refractivity contribution in [3.8, 4) is 0 Å². The quantitative estimate of drug-likeness (QED) is 0.339. The molecule has 0 aliphatic heterocycles. The zero-order valence-electron chi connectivity index (χ0n) is 16.3. The fraction of sp³-hybridized carbons (Fsp3) is 0.190. The molecular formula is C21H18N4O4S. The summed E-state index contributed by atoms with van der Waals surface area (Å²) in [7, 11) is 0. The highest BCUT2D eigenvalue weighted by Gasteiger charge is 2.16. The Balaban J connectivity index is 1.44. The van der Waals surface area contributed by atoms with Gasteiger partial charge in [-0.05, 0) is 29.2 Å². The maximum Gasteiger partial charge on any atom is 0.322 e. The van der Waals surface area contributed by atoms with Crippen molar-refractivity contribution in [2.75, 3.05) is 5.32 Å². The van der Waals surface area contributed by atoms with Crippen LogP contribution in [0.2, 0.25) is 0 Å². The van der Waals surface area contributed by atoms with Gasteiger partial charge in [0.25, 0.3) is 11.6 Å². The monoisotopic (exact) mass is 422 g/mol. The Morgan fingerprint density at radius 2 is 1.93 bits per heavy atom. The third-order valence-electron chi connectivity index (χ3n) is 4.62. The standard InChI is InChI=1S/C21H18N4O4S/c1-12(2)14-5-3-13(4-6-14)9-19-23-24-21(29-19)22-20(26)18-11-15-10-16(25(27)28)7-8-17(15)30-18/h3-8,10-12H,9H2,1-2H3,(H,22,24,26). The molecule has 1 N–H and O–H groups in total. The molecule has 0 atom stereocenters. The van der Waals surface area contributed by atoms with Gasteiger partial charge in [0.2, 0.25) is 5.89 Å². The summed E-state index contributed by atoms with van der Waals surface area (Å²) in [4.78, 5) is 23.3. The Morgan fingerprint density at radius 3 is 2.63 bits per heavy atom. The van der Waals surface area contributed by atoms with Crippen molar-refractivity contribution in [3.63, 3.8) is 0 Å². The highest BCUT2D eigenvalue weighted by atomic mass is 32.1. The average molecular weight is 422 g/mol. The predicted molar refractivity (Wildman–Crippen MR) is 114 cm³/mol. The maximum absolute atomic E-state index is 12.5. The number of nitro groups is 1. The molecule has 2 heterocycles. The fourth-order valence-electron chi connectivity index (χ4n) is 2.99. The average Bonchev–Trinajstić information content (AvgIpc) is 3.34. The number of carbonyl (C=O) groups is 1. The summed E-state index contributed by atoms with van der Waals surface area (Å²) in [5.41, 5.74) is 2.27. The lowest BCUT2D eigenvalue weighted by Gasteiger charge is -2.05. The normalized spacial score (nSPS) is 11.2. The lowest BCUT2D eigenvalue weighted by Crippen LogP contribution is -2.10. The molecular weight excluding hydrogens is 404 g/mol. The van der Waals surface area contributed by atoms with Gasteiger partial charge in [-0.2, -0.15) is 0 Å². The highest BCUT2D eigenvalue weighted by molar-refractivity contribution is 7.20. The van der Waals surface area contributed by atoms with Gasteiger partial charge in [0.1, 0.15) is 0 Å². The number of aromatic nitrogens is 2. The van der Waals surface area contributed by atoms with Crippen LogP contribution in [0, 0.1) is 10.1 Å². The van der Waals surface area contributed by atoms with Gasteiger partial charge < -0.3 is 4.42 Å². The van der Waals surface area contributed by atoms with Gasteiger partial charge >= 0.3 is 6.01 Å². The molecule has 0 saturated carbocycles. The van der Waals surface area contributed by atoms with E-state index in [-0.39, 0.29) is 11.7 Å². The van der Waals surface area contributed by atoms with Crippen LogP contribution in [0.5, 0.6) is 0 Å². The fourth-order valence-corrected chi connectivity index (χ4v) is 3.92. The molecule has 0 bridgehead atoms. The molecule has 0 unspecified atom stereocenters. The largest absolute Gasteiger partial charge is 0.407 e. The third-order valence-corrected chi connectivity index (χ3v) is 5.74. The number of nitro benzene ring substituents is 1. The highest BCUT2D eigenvalue weighted by Crippen LogP contribution is 2.29. The molecule has 0 aliphatic carbocycles.